The maximum Gasteiger partial charge on any atom is 0.416 e. The fraction of sp³-hybridized carbons (Fsp3) is 0.118. The first kappa shape index (κ1) is 18.6. The number of hydrogen-bond donors (Lipinski definition) is 1. The highest BCUT2D eigenvalue weighted by Crippen LogP contribution is 2.29. The van der Waals surface area contributed by atoms with Crippen molar-refractivity contribution in [3.8, 4) is 0 Å². The highest BCUT2D eigenvalue weighted by molar-refractivity contribution is 6.04. The van der Waals surface area contributed by atoms with Crippen LogP contribution >= 0.6 is 0 Å². The Hall–Kier alpha value is -2.77. The molecule has 0 saturated carbocycles. The predicted molar refractivity (Wildman–Crippen MR) is 80.9 cm³/mol. The van der Waals surface area contributed by atoms with Gasteiger partial charge in [-0.2, -0.15) is 26.3 Å². The molecule has 25 heavy (non-hydrogen) atoms. The number of allylic oxidation sites excluding steroid dienone is 1. The first-order valence-electron chi connectivity index (χ1n) is 6.89. The summed E-state index contributed by atoms with van der Waals surface area (Å²) in [5.74, 6) is -0.592. The average Bonchev–Trinajstić information content (AvgIpc) is 2.52. The smallest absolute Gasteiger partial charge is 0.322 e. The SMILES string of the molecule is O=C(Nc1ccc(C(F)(F)F)cc1)c1ccc(/C=C/C(F)(F)F)cc1. The van der Waals surface area contributed by atoms with E-state index in [2.05, 4.69) is 5.32 Å². The normalized spacial score (nSPS) is 12.4. The molecule has 0 unspecified atom stereocenters. The van der Waals surface area contributed by atoms with Crippen LogP contribution in [-0.2, 0) is 6.18 Å². The van der Waals surface area contributed by atoms with Crippen molar-refractivity contribution in [3.63, 3.8) is 0 Å². The van der Waals surface area contributed by atoms with Crippen LogP contribution in [0.15, 0.2) is 54.6 Å². The molecule has 0 spiro atoms. The molecule has 1 amide bonds. The zero-order valence-electron chi connectivity index (χ0n) is 12.4. The molecule has 2 aromatic carbocycles. The number of carbonyl (C=O) groups is 1. The van der Waals surface area contributed by atoms with Crippen molar-refractivity contribution in [2.45, 2.75) is 12.4 Å². The maximum atomic E-state index is 12.5. The number of carbonyl (C=O) groups excluding carboxylic acids is 1. The second kappa shape index (κ2) is 7.00. The van der Waals surface area contributed by atoms with Gasteiger partial charge < -0.3 is 5.32 Å². The third-order valence-corrected chi connectivity index (χ3v) is 3.11. The summed E-state index contributed by atoms with van der Waals surface area (Å²) in [5.41, 5.74) is -0.266. The van der Waals surface area contributed by atoms with Gasteiger partial charge in [-0.25, -0.2) is 0 Å². The Morgan fingerprint density at radius 3 is 1.88 bits per heavy atom. The number of rotatable bonds is 3. The van der Waals surface area contributed by atoms with Crippen molar-refractivity contribution in [2.75, 3.05) is 5.32 Å². The van der Waals surface area contributed by atoms with Crippen molar-refractivity contribution in [1.82, 2.24) is 0 Å². The van der Waals surface area contributed by atoms with Crippen LogP contribution in [0.5, 0.6) is 0 Å². The summed E-state index contributed by atoms with van der Waals surface area (Å²) in [6.07, 6.45) is -7.97. The van der Waals surface area contributed by atoms with Crippen LogP contribution in [0.1, 0.15) is 21.5 Å². The van der Waals surface area contributed by atoms with E-state index in [9.17, 15) is 31.1 Å². The number of anilines is 1. The Bertz CT molecular complexity index is 758. The van der Waals surface area contributed by atoms with Crippen LogP contribution in [-0.4, -0.2) is 12.1 Å². The largest absolute Gasteiger partial charge is 0.416 e. The lowest BCUT2D eigenvalue weighted by Gasteiger charge is -2.09. The lowest BCUT2D eigenvalue weighted by Crippen LogP contribution is -2.12. The van der Waals surface area contributed by atoms with E-state index in [1.54, 1.807) is 0 Å². The minimum Gasteiger partial charge on any atom is -0.322 e. The molecule has 8 heteroatoms. The van der Waals surface area contributed by atoms with E-state index in [1.165, 1.54) is 24.3 Å². The third kappa shape index (κ3) is 5.66. The zero-order valence-corrected chi connectivity index (χ0v) is 12.4. The van der Waals surface area contributed by atoms with Crippen molar-refractivity contribution < 1.29 is 31.1 Å². The van der Waals surface area contributed by atoms with Crippen LogP contribution in [0.4, 0.5) is 32.0 Å². The van der Waals surface area contributed by atoms with Crippen molar-refractivity contribution in [2.24, 2.45) is 0 Å². The summed E-state index contributed by atoms with van der Waals surface area (Å²) in [4.78, 5) is 12.0. The summed E-state index contributed by atoms with van der Waals surface area (Å²) in [5, 5.41) is 2.41. The summed E-state index contributed by atoms with van der Waals surface area (Å²) >= 11 is 0. The molecule has 0 bridgehead atoms. The molecule has 2 aromatic rings. The number of halogens is 6. The van der Waals surface area contributed by atoms with Gasteiger partial charge in [0.2, 0.25) is 0 Å². The molecule has 0 heterocycles. The maximum absolute atomic E-state index is 12.5. The quantitative estimate of drug-likeness (QED) is 0.717. The Kier molecular flexibility index (Phi) is 5.20. The first-order valence-corrected chi connectivity index (χ1v) is 6.89. The van der Waals surface area contributed by atoms with Gasteiger partial charge in [0.15, 0.2) is 0 Å². The van der Waals surface area contributed by atoms with E-state index < -0.39 is 23.8 Å². The molecule has 0 saturated heterocycles. The van der Waals surface area contributed by atoms with Gasteiger partial charge in [-0.3, -0.25) is 4.79 Å². The summed E-state index contributed by atoms with van der Waals surface area (Å²) < 4.78 is 73.6. The highest BCUT2D eigenvalue weighted by atomic mass is 19.4. The lowest BCUT2D eigenvalue weighted by molar-refractivity contribution is -0.137. The van der Waals surface area contributed by atoms with Crippen LogP contribution in [0.2, 0.25) is 0 Å². The van der Waals surface area contributed by atoms with Crippen LogP contribution < -0.4 is 5.32 Å². The van der Waals surface area contributed by atoms with Gasteiger partial charge in [0.1, 0.15) is 0 Å². The fourth-order valence-electron chi connectivity index (χ4n) is 1.88. The molecule has 0 fully saturated rings. The third-order valence-electron chi connectivity index (χ3n) is 3.11. The predicted octanol–water partition coefficient (Wildman–Crippen LogP) is 5.53. The second-order valence-corrected chi connectivity index (χ2v) is 5.03. The van der Waals surface area contributed by atoms with E-state index in [0.29, 0.717) is 0 Å². The van der Waals surface area contributed by atoms with E-state index in [-0.39, 0.29) is 22.9 Å². The molecule has 2 nitrogen and oxygen atoms in total. The minimum absolute atomic E-state index is 0.0737. The van der Waals surface area contributed by atoms with Gasteiger partial charge in [-0.1, -0.05) is 18.2 Å². The van der Waals surface area contributed by atoms with Gasteiger partial charge in [-0.05, 0) is 42.0 Å². The Morgan fingerprint density at radius 1 is 0.840 bits per heavy atom. The van der Waals surface area contributed by atoms with Crippen LogP contribution in [0.25, 0.3) is 6.08 Å². The molecule has 0 atom stereocenters. The summed E-state index contributed by atoms with van der Waals surface area (Å²) in [6, 6.07) is 9.17. The molecule has 0 aromatic heterocycles. The van der Waals surface area contributed by atoms with Gasteiger partial charge in [0.25, 0.3) is 5.91 Å². The standard InChI is InChI=1S/C17H11F6NO/c18-16(19,20)10-9-11-1-3-12(4-2-11)15(25)24-14-7-5-13(6-8-14)17(21,22)23/h1-10H,(H,24,25)/b10-9+. The Morgan fingerprint density at radius 2 is 1.40 bits per heavy atom. The zero-order chi connectivity index (χ0) is 18.7. The fourth-order valence-corrected chi connectivity index (χ4v) is 1.88. The van der Waals surface area contributed by atoms with Gasteiger partial charge in [0.05, 0.1) is 5.56 Å². The molecule has 2 rings (SSSR count). The molecule has 0 aliphatic rings. The Labute approximate surface area is 138 Å². The highest BCUT2D eigenvalue weighted by Gasteiger charge is 2.30. The van der Waals surface area contributed by atoms with E-state index in [1.807, 2.05) is 0 Å². The number of hydrogen-bond acceptors (Lipinski definition) is 1. The van der Waals surface area contributed by atoms with Crippen molar-refractivity contribution in [1.29, 1.82) is 0 Å². The minimum atomic E-state index is -4.47. The number of benzene rings is 2. The number of amides is 1. The van der Waals surface area contributed by atoms with Crippen LogP contribution in [0, 0.1) is 0 Å². The topological polar surface area (TPSA) is 29.1 Å². The molecule has 0 aliphatic heterocycles. The van der Waals surface area contributed by atoms with Gasteiger partial charge in [0, 0.05) is 17.3 Å². The first-order chi connectivity index (χ1) is 11.5. The lowest BCUT2D eigenvalue weighted by atomic mass is 10.1. The molecule has 0 aliphatic carbocycles. The summed E-state index contributed by atoms with van der Waals surface area (Å²) in [7, 11) is 0. The van der Waals surface area contributed by atoms with Gasteiger partial charge >= 0.3 is 12.4 Å². The molecule has 0 radical (unpaired) electrons. The average molecular weight is 359 g/mol. The van der Waals surface area contributed by atoms with E-state index in [0.717, 1.165) is 30.3 Å². The van der Waals surface area contributed by atoms with Crippen molar-refractivity contribution >= 4 is 17.7 Å². The number of alkyl halides is 6. The van der Waals surface area contributed by atoms with E-state index >= 15 is 0 Å². The van der Waals surface area contributed by atoms with E-state index in [4.69, 9.17) is 0 Å². The molecular weight excluding hydrogens is 348 g/mol. The molecule has 132 valence electrons. The molecule has 1 N–H and O–H groups in total. The van der Waals surface area contributed by atoms with Crippen molar-refractivity contribution in [3.05, 3.63) is 71.3 Å². The number of nitrogens with one attached hydrogen (secondary N) is 1. The summed E-state index contributed by atoms with van der Waals surface area (Å²) in [6.45, 7) is 0. The second-order valence-electron chi connectivity index (χ2n) is 5.03. The Balaban J connectivity index is 2.05. The van der Waals surface area contributed by atoms with Gasteiger partial charge in [-0.15, -0.1) is 0 Å². The van der Waals surface area contributed by atoms with Crippen LogP contribution in [0.3, 0.4) is 0 Å². The molecular formula is C17H11F6NO. The monoisotopic (exact) mass is 359 g/mol.